The molecule has 1 saturated heterocycles. The van der Waals surface area contributed by atoms with Crippen LogP contribution in [-0.2, 0) is 9.53 Å². The number of nitrogens with zero attached hydrogens (tertiary/aromatic N) is 1. The third kappa shape index (κ3) is 5.11. The third-order valence-electron chi connectivity index (χ3n) is 3.70. The van der Waals surface area contributed by atoms with Gasteiger partial charge in [0.25, 0.3) is 0 Å². The summed E-state index contributed by atoms with van der Waals surface area (Å²) in [4.78, 5) is 14.4. The van der Waals surface area contributed by atoms with Crippen molar-refractivity contribution in [1.29, 1.82) is 0 Å². The van der Waals surface area contributed by atoms with Crippen LogP contribution in [0.1, 0.15) is 53.4 Å². The van der Waals surface area contributed by atoms with E-state index < -0.39 is 6.04 Å². The first-order chi connectivity index (χ1) is 8.86. The molecular formula is C15H30N2O2. The molecule has 1 amide bonds. The Hall–Kier alpha value is -0.610. The Morgan fingerprint density at radius 1 is 1.42 bits per heavy atom. The molecular weight excluding hydrogens is 240 g/mol. The molecule has 2 N–H and O–H groups in total. The van der Waals surface area contributed by atoms with E-state index in [1.165, 1.54) is 6.42 Å². The first kappa shape index (κ1) is 16.4. The fraction of sp³-hybridized carbons (Fsp3) is 0.933. The van der Waals surface area contributed by atoms with E-state index in [0.717, 1.165) is 32.4 Å². The molecule has 0 aromatic heterocycles. The van der Waals surface area contributed by atoms with Gasteiger partial charge in [0.2, 0.25) is 5.91 Å². The molecule has 1 heterocycles. The zero-order valence-electron chi connectivity index (χ0n) is 12.9. The first-order valence-corrected chi connectivity index (χ1v) is 7.52. The van der Waals surface area contributed by atoms with Crippen molar-refractivity contribution in [3.05, 3.63) is 0 Å². The van der Waals surface area contributed by atoms with Crippen LogP contribution in [0.5, 0.6) is 0 Å². The standard InChI is InChI=1S/C15H30N2O2/c1-5-9-17(11-12-8-6-7-10-19-12)14(18)13(16)15(2,3)4/h12-13H,5-11,16H2,1-4H3/t12-,13+/m0/s1. The zero-order chi connectivity index (χ0) is 14.5. The maximum absolute atomic E-state index is 12.5. The molecule has 0 aliphatic carbocycles. The molecule has 1 fully saturated rings. The topological polar surface area (TPSA) is 55.6 Å². The van der Waals surface area contributed by atoms with E-state index in [0.29, 0.717) is 6.54 Å². The maximum atomic E-state index is 12.5. The Bertz CT molecular complexity index is 280. The number of carbonyl (C=O) groups excluding carboxylic acids is 1. The molecule has 4 nitrogen and oxygen atoms in total. The van der Waals surface area contributed by atoms with Gasteiger partial charge in [-0.25, -0.2) is 0 Å². The van der Waals surface area contributed by atoms with Gasteiger partial charge < -0.3 is 15.4 Å². The van der Waals surface area contributed by atoms with Crippen molar-refractivity contribution in [2.75, 3.05) is 19.7 Å². The van der Waals surface area contributed by atoms with Gasteiger partial charge in [-0.1, -0.05) is 27.7 Å². The van der Waals surface area contributed by atoms with Crippen molar-refractivity contribution < 1.29 is 9.53 Å². The van der Waals surface area contributed by atoms with Crippen molar-refractivity contribution >= 4 is 5.91 Å². The second-order valence-corrected chi connectivity index (χ2v) is 6.62. The Morgan fingerprint density at radius 3 is 2.58 bits per heavy atom. The van der Waals surface area contributed by atoms with Gasteiger partial charge in [0.1, 0.15) is 0 Å². The smallest absolute Gasteiger partial charge is 0.240 e. The highest BCUT2D eigenvalue weighted by molar-refractivity contribution is 5.82. The molecule has 1 aliphatic heterocycles. The van der Waals surface area contributed by atoms with E-state index in [2.05, 4.69) is 6.92 Å². The minimum atomic E-state index is -0.442. The highest BCUT2D eigenvalue weighted by atomic mass is 16.5. The highest BCUT2D eigenvalue weighted by Crippen LogP contribution is 2.20. The molecule has 112 valence electrons. The molecule has 0 aromatic carbocycles. The molecule has 4 heteroatoms. The summed E-state index contributed by atoms with van der Waals surface area (Å²) in [6, 6.07) is -0.442. The van der Waals surface area contributed by atoms with Gasteiger partial charge in [0, 0.05) is 19.7 Å². The molecule has 1 rings (SSSR count). The lowest BCUT2D eigenvalue weighted by molar-refractivity contribution is -0.137. The molecule has 2 atom stereocenters. The maximum Gasteiger partial charge on any atom is 0.240 e. The summed E-state index contributed by atoms with van der Waals surface area (Å²) < 4.78 is 5.74. The number of hydrogen-bond donors (Lipinski definition) is 1. The van der Waals surface area contributed by atoms with Crippen LogP contribution in [0, 0.1) is 5.41 Å². The van der Waals surface area contributed by atoms with Gasteiger partial charge in [0.05, 0.1) is 12.1 Å². The first-order valence-electron chi connectivity index (χ1n) is 7.52. The SMILES string of the molecule is CCCN(C[C@@H]1CCCCO1)C(=O)[C@@H](N)C(C)(C)C. The van der Waals surface area contributed by atoms with Gasteiger partial charge in [-0.15, -0.1) is 0 Å². The van der Waals surface area contributed by atoms with Crippen molar-refractivity contribution in [3.63, 3.8) is 0 Å². The fourth-order valence-corrected chi connectivity index (χ4v) is 2.33. The minimum absolute atomic E-state index is 0.0588. The number of nitrogens with two attached hydrogens (primary N) is 1. The number of carbonyl (C=O) groups is 1. The largest absolute Gasteiger partial charge is 0.376 e. The Balaban J connectivity index is 2.62. The second-order valence-electron chi connectivity index (χ2n) is 6.62. The predicted molar refractivity (Wildman–Crippen MR) is 77.9 cm³/mol. The number of hydrogen-bond acceptors (Lipinski definition) is 3. The summed E-state index contributed by atoms with van der Waals surface area (Å²) in [6.45, 7) is 10.4. The van der Waals surface area contributed by atoms with Gasteiger partial charge in [-0.3, -0.25) is 4.79 Å². The summed E-state index contributed by atoms with van der Waals surface area (Å²) in [6.07, 6.45) is 4.54. The van der Waals surface area contributed by atoms with Gasteiger partial charge in [-0.2, -0.15) is 0 Å². The van der Waals surface area contributed by atoms with Crippen LogP contribution in [-0.4, -0.2) is 42.6 Å². The average molecular weight is 270 g/mol. The van der Waals surface area contributed by atoms with Crippen LogP contribution in [0.25, 0.3) is 0 Å². The summed E-state index contributed by atoms with van der Waals surface area (Å²) in [5.74, 6) is 0.0588. The van der Waals surface area contributed by atoms with Crippen molar-refractivity contribution in [2.24, 2.45) is 11.1 Å². The van der Waals surface area contributed by atoms with Gasteiger partial charge >= 0.3 is 0 Å². The Kier molecular flexibility index (Phi) is 6.27. The monoisotopic (exact) mass is 270 g/mol. The molecule has 0 spiro atoms. The van der Waals surface area contributed by atoms with Crippen molar-refractivity contribution in [3.8, 4) is 0 Å². The molecule has 0 saturated carbocycles. The summed E-state index contributed by atoms with van der Waals surface area (Å²) in [7, 11) is 0. The van der Waals surface area contributed by atoms with Crippen molar-refractivity contribution in [2.45, 2.75) is 65.5 Å². The Morgan fingerprint density at radius 2 is 2.11 bits per heavy atom. The van der Waals surface area contributed by atoms with Crippen LogP contribution >= 0.6 is 0 Å². The fourth-order valence-electron chi connectivity index (χ4n) is 2.33. The van der Waals surface area contributed by atoms with Crippen LogP contribution in [0.2, 0.25) is 0 Å². The number of amides is 1. The number of rotatable bonds is 5. The van der Waals surface area contributed by atoms with E-state index in [4.69, 9.17) is 10.5 Å². The van der Waals surface area contributed by atoms with Gasteiger partial charge in [-0.05, 0) is 31.1 Å². The van der Waals surface area contributed by atoms with Crippen LogP contribution in [0.15, 0.2) is 0 Å². The van der Waals surface area contributed by atoms with Crippen LogP contribution < -0.4 is 5.73 Å². The highest BCUT2D eigenvalue weighted by Gasteiger charge is 2.32. The average Bonchev–Trinajstić information content (AvgIpc) is 2.36. The van der Waals surface area contributed by atoms with Crippen LogP contribution in [0.4, 0.5) is 0 Å². The van der Waals surface area contributed by atoms with E-state index in [1.54, 1.807) is 0 Å². The molecule has 19 heavy (non-hydrogen) atoms. The lowest BCUT2D eigenvalue weighted by atomic mass is 9.86. The third-order valence-corrected chi connectivity index (χ3v) is 3.70. The predicted octanol–water partition coefficient (Wildman–Crippen LogP) is 2.17. The van der Waals surface area contributed by atoms with E-state index in [-0.39, 0.29) is 17.4 Å². The van der Waals surface area contributed by atoms with E-state index in [9.17, 15) is 4.79 Å². The lowest BCUT2D eigenvalue weighted by Crippen LogP contribution is -2.52. The lowest BCUT2D eigenvalue weighted by Gasteiger charge is -2.34. The van der Waals surface area contributed by atoms with Crippen LogP contribution in [0.3, 0.4) is 0 Å². The Labute approximate surface area is 117 Å². The van der Waals surface area contributed by atoms with E-state index in [1.807, 2.05) is 25.7 Å². The summed E-state index contributed by atoms with van der Waals surface area (Å²) in [5, 5.41) is 0. The minimum Gasteiger partial charge on any atom is -0.376 e. The summed E-state index contributed by atoms with van der Waals surface area (Å²) in [5.41, 5.74) is 5.90. The van der Waals surface area contributed by atoms with Gasteiger partial charge in [0.15, 0.2) is 0 Å². The number of ether oxygens (including phenoxy) is 1. The van der Waals surface area contributed by atoms with Crippen molar-refractivity contribution in [1.82, 2.24) is 4.90 Å². The quantitative estimate of drug-likeness (QED) is 0.833. The molecule has 0 aromatic rings. The summed E-state index contributed by atoms with van der Waals surface area (Å²) >= 11 is 0. The zero-order valence-corrected chi connectivity index (χ0v) is 12.9. The van der Waals surface area contributed by atoms with E-state index >= 15 is 0 Å². The second kappa shape index (κ2) is 7.25. The molecule has 1 aliphatic rings. The molecule has 0 radical (unpaired) electrons. The molecule has 0 unspecified atom stereocenters. The normalized spacial score (nSPS) is 22.1. The molecule has 0 bridgehead atoms.